The summed E-state index contributed by atoms with van der Waals surface area (Å²) in [6.07, 6.45) is 16.2. The Balaban J connectivity index is 1.67. The van der Waals surface area contributed by atoms with Crippen LogP contribution < -0.4 is 0 Å². The van der Waals surface area contributed by atoms with Crippen molar-refractivity contribution in [2.75, 3.05) is 6.61 Å². The number of rotatable bonds is 8. The van der Waals surface area contributed by atoms with E-state index in [9.17, 15) is 15.3 Å². The van der Waals surface area contributed by atoms with Crippen molar-refractivity contribution in [1.82, 2.24) is 0 Å². The van der Waals surface area contributed by atoms with Gasteiger partial charge < -0.3 is 20.1 Å². The zero-order valence-electron chi connectivity index (χ0n) is 21.0. The largest absolute Gasteiger partial charge is 0.393 e. The molecule has 0 heterocycles. The summed E-state index contributed by atoms with van der Waals surface area (Å²) in [5.41, 5.74) is 3.93. The van der Waals surface area contributed by atoms with Crippen LogP contribution in [0, 0.1) is 11.3 Å². The van der Waals surface area contributed by atoms with Crippen LogP contribution in [-0.4, -0.2) is 45.8 Å². The van der Waals surface area contributed by atoms with Crippen molar-refractivity contribution in [1.29, 1.82) is 0 Å². The van der Waals surface area contributed by atoms with E-state index in [1.807, 2.05) is 26.0 Å². The second-order valence-electron chi connectivity index (χ2n) is 10.5. The minimum atomic E-state index is -0.733. The van der Waals surface area contributed by atoms with Crippen LogP contribution in [0.3, 0.4) is 0 Å². The summed E-state index contributed by atoms with van der Waals surface area (Å²) >= 11 is 0. The molecule has 0 aromatic rings. The van der Waals surface area contributed by atoms with E-state index in [2.05, 4.69) is 38.7 Å². The Morgan fingerprint density at radius 3 is 2.70 bits per heavy atom. The molecule has 0 saturated heterocycles. The van der Waals surface area contributed by atoms with Crippen LogP contribution in [0.25, 0.3) is 0 Å². The highest BCUT2D eigenvalue weighted by Gasteiger charge is 2.46. The predicted octanol–water partition coefficient (Wildman–Crippen LogP) is 5.56. The number of hydrogen-bond donors (Lipinski definition) is 3. The van der Waals surface area contributed by atoms with Gasteiger partial charge in [0.2, 0.25) is 0 Å². The number of allylic oxidation sites excluding steroid dienone is 4. The quantitative estimate of drug-likeness (QED) is 0.418. The molecule has 4 heteroatoms. The molecule has 2 fully saturated rings. The third-order valence-corrected chi connectivity index (χ3v) is 8.41. The molecular weight excluding hydrogens is 412 g/mol. The van der Waals surface area contributed by atoms with E-state index >= 15 is 0 Å². The summed E-state index contributed by atoms with van der Waals surface area (Å²) < 4.78 is 6.19. The number of fused-ring (bicyclic) bond motifs is 1. The Morgan fingerprint density at radius 1 is 1.27 bits per heavy atom. The van der Waals surface area contributed by atoms with Gasteiger partial charge in [-0.2, -0.15) is 0 Å². The fraction of sp³-hybridized carbons (Fsp3) is 0.655. The van der Waals surface area contributed by atoms with E-state index < -0.39 is 17.8 Å². The molecule has 0 aliphatic heterocycles. The lowest BCUT2D eigenvalue weighted by atomic mass is 9.63. The van der Waals surface area contributed by atoms with E-state index in [1.165, 1.54) is 11.1 Å². The standard InChI is InChI=1S/C29H44O4/c1-6-29(32,7-2)16-9-17-33-21(4)25-13-14-26-22(10-8-15-28(25,26)5)11-12-23-18-24(30)19-27(31)20(23)3/h9,11-13,16,21,24,26-27,30-32H,3,6-8,10,14-15,17-19H2,1-2,4-5H3/b16-9+,22-11+,23-12-/t21-,24+,26?,27-,28+/m0/s1. The van der Waals surface area contributed by atoms with Gasteiger partial charge in [-0.25, -0.2) is 0 Å². The van der Waals surface area contributed by atoms with Crippen LogP contribution in [0.2, 0.25) is 0 Å². The molecule has 4 nitrogen and oxygen atoms in total. The van der Waals surface area contributed by atoms with Crippen LogP contribution in [0.1, 0.15) is 79.1 Å². The maximum Gasteiger partial charge on any atom is 0.0823 e. The van der Waals surface area contributed by atoms with Crippen LogP contribution in [0.5, 0.6) is 0 Å². The van der Waals surface area contributed by atoms with Gasteiger partial charge >= 0.3 is 0 Å². The summed E-state index contributed by atoms with van der Waals surface area (Å²) in [5.74, 6) is 0.469. The first-order valence-corrected chi connectivity index (χ1v) is 12.8. The van der Waals surface area contributed by atoms with E-state index in [0.717, 1.165) is 36.8 Å². The van der Waals surface area contributed by atoms with Crippen molar-refractivity contribution in [2.45, 2.75) is 103 Å². The molecular formula is C29H44O4. The summed E-state index contributed by atoms with van der Waals surface area (Å²) in [5, 5.41) is 30.6. The number of aliphatic hydroxyl groups is 3. The topological polar surface area (TPSA) is 69.9 Å². The SMILES string of the molecule is C=C1/C(=C\C=C2/CCC[C@]3(C)C([C@H](C)OC/C=C/C(O)(CC)CC)=CCC23)C[C@@H](O)C[C@@H]1O. The lowest BCUT2D eigenvalue weighted by Gasteiger charge is -2.42. The molecule has 0 aromatic heterocycles. The molecule has 3 rings (SSSR count). The van der Waals surface area contributed by atoms with Gasteiger partial charge in [-0.05, 0) is 79.9 Å². The minimum Gasteiger partial charge on any atom is -0.393 e. The highest BCUT2D eigenvalue weighted by atomic mass is 16.5. The molecule has 33 heavy (non-hydrogen) atoms. The van der Waals surface area contributed by atoms with Crippen LogP contribution in [0.4, 0.5) is 0 Å². The number of aliphatic hydroxyl groups excluding tert-OH is 2. The zero-order chi connectivity index (χ0) is 24.2. The van der Waals surface area contributed by atoms with Crippen molar-refractivity contribution >= 4 is 0 Å². The lowest BCUT2D eigenvalue weighted by molar-refractivity contribution is 0.0739. The van der Waals surface area contributed by atoms with Gasteiger partial charge in [-0.3, -0.25) is 0 Å². The lowest BCUT2D eigenvalue weighted by Crippen LogP contribution is -2.34. The average Bonchev–Trinajstić information content (AvgIpc) is 3.15. The molecule has 3 N–H and O–H groups in total. The van der Waals surface area contributed by atoms with Gasteiger partial charge in [0, 0.05) is 6.42 Å². The van der Waals surface area contributed by atoms with Gasteiger partial charge in [-0.1, -0.05) is 63.3 Å². The van der Waals surface area contributed by atoms with Gasteiger partial charge in [0.15, 0.2) is 0 Å². The summed E-state index contributed by atoms with van der Waals surface area (Å²) in [7, 11) is 0. The van der Waals surface area contributed by atoms with Crippen LogP contribution in [-0.2, 0) is 4.74 Å². The average molecular weight is 457 g/mol. The van der Waals surface area contributed by atoms with Crippen molar-refractivity contribution < 1.29 is 20.1 Å². The van der Waals surface area contributed by atoms with Crippen molar-refractivity contribution in [3.8, 4) is 0 Å². The van der Waals surface area contributed by atoms with E-state index in [0.29, 0.717) is 38.2 Å². The predicted molar refractivity (Wildman–Crippen MR) is 135 cm³/mol. The zero-order valence-corrected chi connectivity index (χ0v) is 21.0. The van der Waals surface area contributed by atoms with Crippen molar-refractivity contribution in [3.05, 3.63) is 59.3 Å². The highest BCUT2D eigenvalue weighted by molar-refractivity contribution is 5.40. The summed E-state index contributed by atoms with van der Waals surface area (Å²) in [6, 6.07) is 0. The van der Waals surface area contributed by atoms with Crippen LogP contribution in [0.15, 0.2) is 59.3 Å². The molecule has 3 aliphatic rings. The van der Waals surface area contributed by atoms with E-state index in [-0.39, 0.29) is 11.5 Å². The Hall–Kier alpha value is -1.46. The van der Waals surface area contributed by atoms with Gasteiger partial charge in [0.1, 0.15) is 0 Å². The first-order chi connectivity index (χ1) is 15.6. The first kappa shape index (κ1) is 26.2. The van der Waals surface area contributed by atoms with E-state index in [4.69, 9.17) is 4.74 Å². The molecule has 0 amide bonds. The number of hydrogen-bond acceptors (Lipinski definition) is 4. The molecule has 0 spiro atoms. The number of ether oxygens (including phenoxy) is 1. The molecule has 1 unspecified atom stereocenters. The first-order valence-electron chi connectivity index (χ1n) is 12.8. The molecule has 5 atom stereocenters. The fourth-order valence-electron chi connectivity index (χ4n) is 5.99. The Kier molecular flexibility index (Phi) is 8.60. The monoisotopic (exact) mass is 456 g/mol. The molecule has 184 valence electrons. The summed E-state index contributed by atoms with van der Waals surface area (Å²) in [4.78, 5) is 0. The molecule has 0 bridgehead atoms. The second-order valence-corrected chi connectivity index (χ2v) is 10.5. The Labute approximate surface area is 200 Å². The maximum atomic E-state index is 10.4. The third kappa shape index (κ3) is 5.79. The Morgan fingerprint density at radius 2 is 2.00 bits per heavy atom. The molecule has 2 saturated carbocycles. The Bertz CT molecular complexity index is 829. The third-order valence-electron chi connectivity index (χ3n) is 8.41. The molecule has 0 aromatic carbocycles. The van der Waals surface area contributed by atoms with Crippen molar-refractivity contribution in [3.63, 3.8) is 0 Å². The molecule has 0 radical (unpaired) electrons. The highest BCUT2D eigenvalue weighted by Crippen LogP contribution is 2.55. The van der Waals surface area contributed by atoms with Crippen molar-refractivity contribution in [2.24, 2.45) is 11.3 Å². The fourth-order valence-corrected chi connectivity index (χ4v) is 5.99. The normalized spacial score (nSPS) is 34.2. The van der Waals surface area contributed by atoms with Gasteiger partial charge in [0.25, 0.3) is 0 Å². The second kappa shape index (κ2) is 10.9. The van der Waals surface area contributed by atoms with Crippen LogP contribution >= 0.6 is 0 Å². The van der Waals surface area contributed by atoms with Gasteiger partial charge in [0.05, 0.1) is 30.5 Å². The smallest absolute Gasteiger partial charge is 0.0823 e. The maximum absolute atomic E-state index is 10.4. The summed E-state index contributed by atoms with van der Waals surface area (Å²) in [6.45, 7) is 13.1. The molecule has 3 aliphatic carbocycles. The minimum absolute atomic E-state index is 0.0436. The van der Waals surface area contributed by atoms with E-state index in [1.54, 1.807) is 0 Å². The van der Waals surface area contributed by atoms with Gasteiger partial charge in [-0.15, -0.1) is 0 Å².